The summed E-state index contributed by atoms with van der Waals surface area (Å²) in [5.74, 6) is -2.19. The number of β-lactam (4-membered cyclic amide) rings is 1. The Morgan fingerprint density at radius 1 is 1.28 bits per heavy atom. The van der Waals surface area contributed by atoms with Crippen molar-refractivity contribution in [1.82, 2.24) is 15.2 Å². The summed E-state index contributed by atoms with van der Waals surface area (Å²) in [6.07, 6.45) is 6.97. The monoisotopic (exact) mass is 632 g/mol. The predicted octanol–water partition coefficient (Wildman–Crippen LogP) is 2.65. The topological polar surface area (TPSA) is 211 Å². The predicted molar refractivity (Wildman–Crippen MR) is 158 cm³/mol. The van der Waals surface area contributed by atoms with Gasteiger partial charge in [-0.25, -0.2) is 14.6 Å². The average Bonchev–Trinajstić information content (AvgIpc) is 3.45. The highest BCUT2D eigenvalue weighted by atomic mass is 32.2. The van der Waals surface area contributed by atoms with E-state index in [1.54, 1.807) is 6.92 Å². The van der Waals surface area contributed by atoms with Crippen LogP contribution in [0.3, 0.4) is 0 Å². The number of thiazole rings is 1. The maximum absolute atomic E-state index is 13.3. The van der Waals surface area contributed by atoms with Gasteiger partial charge in [0, 0.05) is 16.0 Å². The van der Waals surface area contributed by atoms with Crippen LogP contribution < -0.4 is 11.1 Å². The quantitative estimate of drug-likeness (QED) is 0.0502. The zero-order chi connectivity index (χ0) is 30.9. The highest BCUT2D eigenvalue weighted by Crippen LogP contribution is 2.41. The number of azide groups is 1. The summed E-state index contributed by atoms with van der Waals surface area (Å²) in [4.78, 5) is 65.1. The van der Waals surface area contributed by atoms with E-state index in [4.69, 9.17) is 25.6 Å². The van der Waals surface area contributed by atoms with Crippen molar-refractivity contribution in [2.45, 2.75) is 50.4 Å². The first-order valence-electron chi connectivity index (χ1n) is 13.6. The van der Waals surface area contributed by atoms with Gasteiger partial charge < -0.3 is 25.4 Å². The molecule has 17 heteroatoms. The van der Waals surface area contributed by atoms with Gasteiger partial charge in [0.05, 0.1) is 18.7 Å². The molecule has 3 aliphatic rings. The van der Waals surface area contributed by atoms with E-state index in [0.717, 1.165) is 37.0 Å². The van der Waals surface area contributed by atoms with Crippen molar-refractivity contribution in [3.05, 3.63) is 44.4 Å². The second kappa shape index (κ2) is 14.9. The number of thioether (sulfide) groups is 1. The largest absolute Gasteiger partial charge is 0.462 e. The summed E-state index contributed by atoms with van der Waals surface area (Å²) in [5, 5.41) is 11.0. The Hall–Kier alpha value is -4.08. The average molecular weight is 633 g/mol. The van der Waals surface area contributed by atoms with Gasteiger partial charge in [0.1, 0.15) is 36.5 Å². The first kappa shape index (κ1) is 31.8. The maximum Gasteiger partial charge on any atom is 0.355 e. The van der Waals surface area contributed by atoms with Crippen LogP contribution in [-0.4, -0.2) is 83.4 Å². The molecule has 0 unspecified atom stereocenters. The number of nitrogens with zero attached hydrogens (tertiary/aromatic N) is 6. The molecule has 2 fully saturated rings. The number of rotatable bonds is 12. The Morgan fingerprint density at radius 2 is 2.05 bits per heavy atom. The number of ether oxygens (including phenoxy) is 2. The Balaban J connectivity index is 1.43. The molecule has 43 heavy (non-hydrogen) atoms. The molecule has 3 heterocycles. The van der Waals surface area contributed by atoms with Crippen molar-refractivity contribution in [3.63, 3.8) is 0 Å². The molecule has 1 saturated carbocycles. The van der Waals surface area contributed by atoms with E-state index in [0.29, 0.717) is 18.1 Å². The van der Waals surface area contributed by atoms with Crippen molar-refractivity contribution < 1.29 is 33.5 Å². The number of carbonyl (C=O) groups is 4. The lowest BCUT2D eigenvalue weighted by molar-refractivity contribution is -0.152. The number of hydrogen-bond acceptors (Lipinski definition) is 13. The molecule has 0 aromatic carbocycles. The van der Waals surface area contributed by atoms with Crippen LogP contribution in [0.1, 0.15) is 44.7 Å². The van der Waals surface area contributed by atoms with Gasteiger partial charge in [0.15, 0.2) is 10.8 Å². The number of nitrogen functional groups attached to an aromatic ring is 1. The standard InChI is InChI=1S/C26H32N8O7S2/c1-3-15(24(37)40-10-14-7-5-4-6-8-14)11-41-25(38)20-16(9-29-33-28)12-42-23-19(22(36)34(20)23)31-21(35)18(32-39-2)17-13-43-26(27)30-17/h3,13-14,19,23H,4-12H2,1-2H3,(H2,27,30)(H,31,35)/b15-3+,32-18-/t19-,23-/m1/s1. The van der Waals surface area contributed by atoms with E-state index in [1.165, 1.54) is 41.6 Å². The van der Waals surface area contributed by atoms with Crippen LogP contribution in [0.2, 0.25) is 0 Å². The summed E-state index contributed by atoms with van der Waals surface area (Å²) in [5.41, 5.74) is 15.0. The minimum atomic E-state index is -1.000. The fourth-order valence-corrected chi connectivity index (χ4v) is 6.81. The SMILES string of the molecule is C/C=C(\COC(=O)C1=C(CN=[N+]=[N-])CS[C@@H]2[C@H](NC(=O)/C(=N\OC)c3csc(N)n3)C(=O)N12)C(=O)OCC1CCCCC1. The zero-order valence-corrected chi connectivity index (χ0v) is 25.3. The van der Waals surface area contributed by atoms with Crippen molar-refractivity contribution in [1.29, 1.82) is 0 Å². The molecular formula is C26H32N8O7S2. The van der Waals surface area contributed by atoms with Gasteiger partial charge >= 0.3 is 11.9 Å². The van der Waals surface area contributed by atoms with Crippen molar-refractivity contribution in [2.75, 3.05) is 38.4 Å². The van der Waals surface area contributed by atoms with Gasteiger partial charge in [-0.1, -0.05) is 35.6 Å². The van der Waals surface area contributed by atoms with Crippen LogP contribution >= 0.6 is 23.1 Å². The fourth-order valence-electron chi connectivity index (χ4n) is 4.92. The van der Waals surface area contributed by atoms with Crippen LogP contribution in [-0.2, 0) is 33.5 Å². The number of oxime groups is 1. The minimum Gasteiger partial charge on any atom is -0.462 e. The number of nitrogens with one attached hydrogen (secondary N) is 1. The van der Waals surface area contributed by atoms with E-state index in [1.807, 2.05) is 0 Å². The minimum absolute atomic E-state index is 0.0873. The molecule has 15 nitrogen and oxygen atoms in total. The molecular weight excluding hydrogens is 600 g/mol. The Kier molecular flexibility index (Phi) is 11.0. The lowest BCUT2D eigenvalue weighted by Crippen LogP contribution is -2.71. The number of nitrogens with two attached hydrogens (primary N) is 1. The van der Waals surface area contributed by atoms with Crippen LogP contribution in [0, 0.1) is 5.92 Å². The van der Waals surface area contributed by atoms with E-state index >= 15 is 0 Å². The number of esters is 2. The van der Waals surface area contributed by atoms with Crippen LogP contribution in [0.25, 0.3) is 10.4 Å². The van der Waals surface area contributed by atoms with Crippen molar-refractivity contribution >= 4 is 57.7 Å². The number of aromatic nitrogens is 1. The number of carbonyl (C=O) groups excluding carboxylic acids is 4. The lowest BCUT2D eigenvalue weighted by atomic mass is 9.90. The molecule has 3 N–H and O–H groups in total. The third-order valence-electron chi connectivity index (χ3n) is 7.16. The van der Waals surface area contributed by atoms with E-state index in [9.17, 15) is 19.2 Å². The Bertz CT molecular complexity index is 1400. The van der Waals surface area contributed by atoms with E-state index < -0.39 is 35.2 Å². The Labute approximate surface area is 255 Å². The second-order valence-corrected chi connectivity index (χ2v) is 11.9. The van der Waals surface area contributed by atoms with Gasteiger partial charge in [-0.3, -0.25) is 14.5 Å². The van der Waals surface area contributed by atoms with Gasteiger partial charge in [0.25, 0.3) is 11.8 Å². The summed E-state index contributed by atoms with van der Waals surface area (Å²) in [7, 11) is 1.26. The molecule has 1 saturated heterocycles. The second-order valence-electron chi connectivity index (χ2n) is 9.89. The molecule has 4 rings (SSSR count). The number of amides is 2. The molecule has 2 amide bonds. The molecule has 2 atom stereocenters. The van der Waals surface area contributed by atoms with Crippen LogP contribution in [0.15, 0.2) is 38.6 Å². The van der Waals surface area contributed by atoms with Crippen LogP contribution in [0.5, 0.6) is 0 Å². The summed E-state index contributed by atoms with van der Waals surface area (Å²) >= 11 is 2.39. The normalized spacial score (nSPS) is 20.9. The molecule has 1 aromatic rings. The van der Waals surface area contributed by atoms with E-state index in [-0.39, 0.29) is 46.7 Å². The molecule has 0 spiro atoms. The molecule has 1 aliphatic carbocycles. The Morgan fingerprint density at radius 3 is 2.70 bits per heavy atom. The number of anilines is 1. The molecule has 1 aromatic heterocycles. The van der Waals surface area contributed by atoms with Gasteiger partial charge in [-0.2, -0.15) is 0 Å². The third kappa shape index (κ3) is 7.47. The number of fused-ring (bicyclic) bond motifs is 1. The number of allylic oxidation sites excluding steroid dienone is 1. The van der Waals surface area contributed by atoms with Crippen molar-refractivity contribution in [3.8, 4) is 0 Å². The maximum atomic E-state index is 13.3. The lowest BCUT2D eigenvalue weighted by Gasteiger charge is -2.49. The van der Waals surface area contributed by atoms with Crippen LogP contribution in [0.4, 0.5) is 5.13 Å². The number of hydrogen-bond donors (Lipinski definition) is 2. The third-order valence-corrected chi connectivity index (χ3v) is 9.17. The smallest absolute Gasteiger partial charge is 0.355 e. The molecule has 230 valence electrons. The molecule has 0 bridgehead atoms. The first-order valence-corrected chi connectivity index (χ1v) is 15.5. The van der Waals surface area contributed by atoms with E-state index in [2.05, 4.69) is 25.5 Å². The van der Waals surface area contributed by atoms with Crippen molar-refractivity contribution in [2.24, 2.45) is 16.2 Å². The summed E-state index contributed by atoms with van der Waals surface area (Å²) < 4.78 is 10.9. The highest BCUT2D eigenvalue weighted by Gasteiger charge is 2.54. The zero-order valence-electron chi connectivity index (χ0n) is 23.7. The first-order chi connectivity index (χ1) is 20.8. The summed E-state index contributed by atoms with van der Waals surface area (Å²) in [6, 6.07) is -1.000. The summed E-state index contributed by atoms with van der Waals surface area (Å²) in [6.45, 7) is 1.41. The fraction of sp³-hybridized carbons (Fsp3) is 0.538. The molecule has 0 radical (unpaired) electrons. The van der Waals surface area contributed by atoms with Gasteiger partial charge in [-0.05, 0) is 36.8 Å². The molecule has 2 aliphatic heterocycles. The highest BCUT2D eigenvalue weighted by molar-refractivity contribution is 8.00. The van der Waals surface area contributed by atoms with Gasteiger partial charge in [-0.15, -0.1) is 23.1 Å². The van der Waals surface area contributed by atoms with Gasteiger partial charge in [0.2, 0.25) is 0 Å².